The Morgan fingerprint density at radius 1 is 0.919 bits per heavy atom. The van der Waals surface area contributed by atoms with Crippen LogP contribution in [-0.4, -0.2) is 16.1 Å². The smallest absolute Gasteiger partial charge is 0.141 e. The van der Waals surface area contributed by atoms with Gasteiger partial charge in [-0.2, -0.15) is 0 Å². The molecule has 0 radical (unpaired) electrons. The lowest BCUT2D eigenvalue weighted by molar-refractivity contribution is 0.412. The average Bonchev–Trinajstić information content (AvgIpc) is 3.37. The summed E-state index contributed by atoms with van der Waals surface area (Å²) >= 11 is 6.12. The molecule has 4 heteroatoms. The molecule has 4 aromatic rings. The molecular formula is C33H40ClN3. The molecule has 194 valence electrons. The molecule has 3 aromatic carbocycles. The molecule has 1 saturated heterocycles. The van der Waals surface area contributed by atoms with Gasteiger partial charge in [-0.15, -0.1) is 0 Å². The number of rotatable bonds is 6. The summed E-state index contributed by atoms with van der Waals surface area (Å²) < 4.78 is 2.26. The fourth-order valence-electron chi connectivity index (χ4n) is 5.25. The second-order valence-electron chi connectivity index (χ2n) is 9.77. The molecule has 1 unspecified atom stereocenters. The van der Waals surface area contributed by atoms with Crippen molar-refractivity contribution in [3.05, 3.63) is 100 Å². The molecule has 0 aliphatic carbocycles. The summed E-state index contributed by atoms with van der Waals surface area (Å²) in [7, 11) is 0. The summed E-state index contributed by atoms with van der Waals surface area (Å²) in [5, 5.41) is 4.30. The Labute approximate surface area is 227 Å². The third-order valence-corrected chi connectivity index (χ3v) is 7.55. The van der Waals surface area contributed by atoms with Crippen LogP contribution in [0.1, 0.15) is 68.3 Å². The highest BCUT2D eigenvalue weighted by atomic mass is 35.5. The summed E-state index contributed by atoms with van der Waals surface area (Å²) in [4.78, 5) is 5.05. The summed E-state index contributed by atoms with van der Waals surface area (Å²) in [6, 6.07) is 23.9. The van der Waals surface area contributed by atoms with E-state index >= 15 is 0 Å². The van der Waals surface area contributed by atoms with Crippen molar-refractivity contribution < 1.29 is 0 Å². The van der Waals surface area contributed by atoms with Crippen LogP contribution in [0.25, 0.3) is 22.6 Å². The van der Waals surface area contributed by atoms with Crippen LogP contribution >= 0.6 is 11.6 Å². The molecule has 0 bridgehead atoms. The van der Waals surface area contributed by atoms with Gasteiger partial charge in [-0.1, -0.05) is 86.5 Å². The van der Waals surface area contributed by atoms with Gasteiger partial charge in [0, 0.05) is 34.9 Å². The molecular weight excluding hydrogens is 474 g/mol. The maximum atomic E-state index is 6.12. The van der Waals surface area contributed by atoms with Crippen molar-refractivity contribution in [1.82, 2.24) is 14.9 Å². The number of hydrogen-bond donors (Lipinski definition) is 1. The molecule has 5 rings (SSSR count). The largest absolute Gasteiger partial charge is 0.331 e. The first kappa shape index (κ1) is 27.2. The average molecular weight is 514 g/mol. The zero-order chi connectivity index (χ0) is 26.2. The van der Waals surface area contributed by atoms with Crippen molar-refractivity contribution in [3.63, 3.8) is 0 Å². The van der Waals surface area contributed by atoms with Crippen molar-refractivity contribution in [2.75, 3.05) is 6.54 Å². The molecule has 1 atom stereocenters. The quantitative estimate of drug-likeness (QED) is 0.279. The Kier molecular flexibility index (Phi) is 9.60. The Morgan fingerprint density at radius 3 is 2.24 bits per heavy atom. The molecule has 0 saturated carbocycles. The second-order valence-corrected chi connectivity index (χ2v) is 10.2. The molecule has 37 heavy (non-hydrogen) atoms. The van der Waals surface area contributed by atoms with Crippen molar-refractivity contribution >= 4 is 11.6 Å². The van der Waals surface area contributed by atoms with Crippen LogP contribution in [0.5, 0.6) is 0 Å². The molecule has 1 aromatic heterocycles. The van der Waals surface area contributed by atoms with Crippen LogP contribution in [0.2, 0.25) is 5.02 Å². The monoisotopic (exact) mass is 513 g/mol. The Hall–Kier alpha value is -2.88. The van der Waals surface area contributed by atoms with E-state index in [-0.39, 0.29) is 0 Å². The SMILES string of the molecule is CCc1cccc(CC)c1-c1nc(-c2ccc(Cl)cc2C)cn1CC.c1ccc(C2CCCCN2)cc1. The second kappa shape index (κ2) is 13.1. The minimum absolute atomic E-state index is 0.611. The van der Waals surface area contributed by atoms with Crippen LogP contribution in [0.3, 0.4) is 0 Å². The van der Waals surface area contributed by atoms with Crippen molar-refractivity contribution in [1.29, 1.82) is 0 Å². The lowest BCUT2D eigenvalue weighted by Crippen LogP contribution is -2.26. The number of benzene rings is 3. The first-order chi connectivity index (χ1) is 18.0. The predicted molar refractivity (Wildman–Crippen MR) is 158 cm³/mol. The number of aryl methyl sites for hydroxylation is 4. The highest BCUT2D eigenvalue weighted by Crippen LogP contribution is 2.32. The number of piperidine rings is 1. The van der Waals surface area contributed by atoms with Crippen LogP contribution in [0.15, 0.2) is 72.9 Å². The molecule has 1 aliphatic rings. The van der Waals surface area contributed by atoms with Crippen LogP contribution < -0.4 is 5.32 Å². The predicted octanol–water partition coefficient (Wildman–Crippen LogP) is 8.82. The van der Waals surface area contributed by atoms with E-state index in [2.05, 4.69) is 98.4 Å². The van der Waals surface area contributed by atoms with Gasteiger partial charge < -0.3 is 9.88 Å². The molecule has 0 spiro atoms. The normalized spacial score (nSPS) is 15.2. The zero-order valence-corrected chi connectivity index (χ0v) is 23.5. The zero-order valence-electron chi connectivity index (χ0n) is 22.7. The first-order valence-corrected chi connectivity index (χ1v) is 14.2. The summed E-state index contributed by atoms with van der Waals surface area (Å²) in [5.74, 6) is 1.07. The number of hydrogen-bond acceptors (Lipinski definition) is 2. The third-order valence-electron chi connectivity index (χ3n) is 7.32. The summed E-state index contributed by atoms with van der Waals surface area (Å²) in [6.07, 6.45) is 8.18. The van der Waals surface area contributed by atoms with Crippen molar-refractivity contribution in [2.24, 2.45) is 0 Å². The molecule has 1 N–H and O–H groups in total. The van der Waals surface area contributed by atoms with E-state index in [1.165, 1.54) is 48.1 Å². The van der Waals surface area contributed by atoms with Crippen molar-refractivity contribution in [2.45, 2.75) is 72.4 Å². The maximum absolute atomic E-state index is 6.12. The molecule has 1 aliphatic heterocycles. The lowest BCUT2D eigenvalue weighted by Gasteiger charge is -2.23. The van der Waals surface area contributed by atoms with Gasteiger partial charge in [-0.25, -0.2) is 4.98 Å². The minimum Gasteiger partial charge on any atom is -0.331 e. The van der Waals surface area contributed by atoms with Gasteiger partial charge >= 0.3 is 0 Å². The van der Waals surface area contributed by atoms with E-state index in [0.717, 1.165) is 47.1 Å². The summed E-state index contributed by atoms with van der Waals surface area (Å²) in [5.41, 5.74) is 8.77. The van der Waals surface area contributed by atoms with E-state index in [1.54, 1.807) is 0 Å². The topological polar surface area (TPSA) is 29.9 Å². The van der Waals surface area contributed by atoms with E-state index in [9.17, 15) is 0 Å². The van der Waals surface area contributed by atoms with Gasteiger partial charge in [-0.3, -0.25) is 0 Å². The van der Waals surface area contributed by atoms with Crippen LogP contribution in [-0.2, 0) is 19.4 Å². The number of nitrogens with zero attached hydrogens (tertiary/aromatic N) is 2. The Bertz CT molecular complexity index is 1260. The van der Waals surface area contributed by atoms with Gasteiger partial charge in [0.1, 0.15) is 5.82 Å². The van der Waals surface area contributed by atoms with Crippen LogP contribution in [0.4, 0.5) is 0 Å². The molecule has 3 nitrogen and oxygen atoms in total. The van der Waals surface area contributed by atoms with Gasteiger partial charge in [0.2, 0.25) is 0 Å². The van der Waals surface area contributed by atoms with Crippen LogP contribution in [0, 0.1) is 6.92 Å². The van der Waals surface area contributed by atoms with Gasteiger partial charge in [0.15, 0.2) is 0 Å². The standard InChI is InChI=1S/C22H25ClN2.C11H15N/c1-5-16-9-8-10-17(6-2)21(16)22-24-20(14-25(22)7-3)19-12-11-18(23)13-15(19)4;1-2-6-10(7-3-1)11-8-4-5-9-12-11/h8-14H,5-7H2,1-4H3;1-3,6-7,11-12H,4-5,8-9H2. The van der Waals surface area contributed by atoms with Gasteiger partial charge in [-0.05, 0) is 80.5 Å². The van der Waals surface area contributed by atoms with E-state index < -0.39 is 0 Å². The van der Waals surface area contributed by atoms with Crippen molar-refractivity contribution in [3.8, 4) is 22.6 Å². The number of halogens is 1. The van der Waals surface area contributed by atoms with E-state index in [0.29, 0.717) is 6.04 Å². The number of nitrogens with one attached hydrogen (secondary N) is 1. The van der Waals surface area contributed by atoms with Gasteiger partial charge in [0.05, 0.1) is 5.69 Å². The molecule has 2 heterocycles. The third kappa shape index (κ3) is 6.52. The molecule has 1 fully saturated rings. The Balaban J connectivity index is 0.000000222. The Morgan fingerprint density at radius 2 is 1.65 bits per heavy atom. The highest BCUT2D eigenvalue weighted by molar-refractivity contribution is 6.30. The summed E-state index contributed by atoms with van der Waals surface area (Å²) in [6.45, 7) is 10.8. The lowest BCUT2D eigenvalue weighted by atomic mass is 9.97. The fourth-order valence-corrected chi connectivity index (χ4v) is 5.48. The molecule has 0 amide bonds. The number of imidazole rings is 1. The number of aromatic nitrogens is 2. The van der Waals surface area contributed by atoms with E-state index in [4.69, 9.17) is 16.6 Å². The minimum atomic E-state index is 0.611. The van der Waals surface area contributed by atoms with Gasteiger partial charge in [0.25, 0.3) is 0 Å². The highest BCUT2D eigenvalue weighted by Gasteiger charge is 2.17. The fraction of sp³-hybridized carbons (Fsp3) is 0.364. The van der Waals surface area contributed by atoms with E-state index in [1.807, 2.05) is 12.1 Å². The first-order valence-electron chi connectivity index (χ1n) is 13.8. The maximum Gasteiger partial charge on any atom is 0.141 e.